The Hall–Kier alpha value is -1.35. The molecule has 0 fully saturated rings. The van der Waals surface area contributed by atoms with Crippen LogP contribution in [0.3, 0.4) is 0 Å². The van der Waals surface area contributed by atoms with E-state index in [1.807, 2.05) is 10.6 Å². The van der Waals surface area contributed by atoms with Gasteiger partial charge in [0.15, 0.2) is 0 Å². The van der Waals surface area contributed by atoms with E-state index in [-0.39, 0.29) is 0 Å². The second kappa shape index (κ2) is 4.94. The lowest BCUT2D eigenvalue weighted by Gasteiger charge is -2.02. The third-order valence-corrected chi connectivity index (χ3v) is 2.57. The van der Waals surface area contributed by atoms with E-state index >= 15 is 0 Å². The SMILES string of the molecule is Clc1nncn1CCCc1ccccc1. The molecule has 0 spiro atoms. The van der Waals surface area contributed by atoms with E-state index in [0.29, 0.717) is 5.28 Å². The second-order valence-electron chi connectivity index (χ2n) is 3.38. The lowest BCUT2D eigenvalue weighted by atomic mass is 10.1. The summed E-state index contributed by atoms with van der Waals surface area (Å²) in [6.45, 7) is 0.862. The van der Waals surface area contributed by atoms with Crippen LogP contribution < -0.4 is 0 Å². The van der Waals surface area contributed by atoms with Gasteiger partial charge in [0.2, 0.25) is 5.28 Å². The molecule has 1 heterocycles. The van der Waals surface area contributed by atoms with E-state index in [2.05, 4.69) is 34.5 Å². The quantitative estimate of drug-likeness (QED) is 0.795. The van der Waals surface area contributed by atoms with Gasteiger partial charge in [-0.05, 0) is 30.0 Å². The van der Waals surface area contributed by atoms with Crippen molar-refractivity contribution in [2.75, 3.05) is 0 Å². The third kappa shape index (κ3) is 2.80. The number of benzene rings is 1. The zero-order valence-electron chi connectivity index (χ0n) is 8.31. The molecule has 0 bridgehead atoms. The smallest absolute Gasteiger partial charge is 0.224 e. The van der Waals surface area contributed by atoms with Crippen molar-refractivity contribution >= 4 is 11.6 Å². The predicted molar refractivity (Wildman–Crippen MR) is 59.8 cm³/mol. The summed E-state index contributed by atoms with van der Waals surface area (Å²) >= 11 is 5.81. The second-order valence-corrected chi connectivity index (χ2v) is 3.72. The molecule has 0 amide bonds. The van der Waals surface area contributed by atoms with E-state index in [1.54, 1.807) is 6.33 Å². The number of halogens is 1. The summed E-state index contributed by atoms with van der Waals surface area (Å²) in [5, 5.41) is 7.91. The summed E-state index contributed by atoms with van der Waals surface area (Å²) < 4.78 is 1.85. The maximum absolute atomic E-state index is 5.81. The number of rotatable bonds is 4. The average molecular weight is 222 g/mol. The first-order valence-corrected chi connectivity index (χ1v) is 5.31. The zero-order chi connectivity index (χ0) is 10.5. The summed E-state index contributed by atoms with van der Waals surface area (Å²) in [5.74, 6) is 0. The number of hydrogen-bond donors (Lipinski definition) is 0. The maximum Gasteiger partial charge on any atom is 0.224 e. The first-order chi connectivity index (χ1) is 7.36. The minimum atomic E-state index is 0.461. The minimum Gasteiger partial charge on any atom is -0.304 e. The molecule has 0 saturated heterocycles. The van der Waals surface area contributed by atoms with Crippen LogP contribution in [0.4, 0.5) is 0 Å². The number of hydrogen-bond acceptors (Lipinski definition) is 2. The third-order valence-electron chi connectivity index (χ3n) is 2.28. The maximum atomic E-state index is 5.81. The van der Waals surface area contributed by atoms with Crippen molar-refractivity contribution in [1.82, 2.24) is 14.8 Å². The summed E-state index contributed by atoms with van der Waals surface area (Å²) in [6, 6.07) is 10.4. The highest BCUT2D eigenvalue weighted by molar-refractivity contribution is 6.28. The average Bonchev–Trinajstić information content (AvgIpc) is 2.66. The molecule has 4 heteroatoms. The van der Waals surface area contributed by atoms with E-state index < -0.39 is 0 Å². The fraction of sp³-hybridized carbons (Fsp3) is 0.273. The molecule has 0 aliphatic heterocycles. The van der Waals surface area contributed by atoms with Crippen molar-refractivity contribution in [2.45, 2.75) is 19.4 Å². The fourth-order valence-corrected chi connectivity index (χ4v) is 1.66. The Balaban J connectivity index is 1.83. The zero-order valence-corrected chi connectivity index (χ0v) is 9.06. The molecule has 0 saturated carbocycles. The van der Waals surface area contributed by atoms with Crippen LogP contribution in [0.1, 0.15) is 12.0 Å². The molecule has 2 rings (SSSR count). The minimum absolute atomic E-state index is 0.461. The van der Waals surface area contributed by atoms with Crippen molar-refractivity contribution in [2.24, 2.45) is 0 Å². The summed E-state index contributed by atoms with van der Waals surface area (Å²) in [4.78, 5) is 0. The monoisotopic (exact) mass is 221 g/mol. The van der Waals surface area contributed by atoms with Gasteiger partial charge in [-0.15, -0.1) is 10.2 Å². The van der Waals surface area contributed by atoms with Gasteiger partial charge >= 0.3 is 0 Å². The molecule has 0 unspecified atom stereocenters. The number of nitrogens with zero attached hydrogens (tertiary/aromatic N) is 3. The van der Waals surface area contributed by atoms with E-state index in [9.17, 15) is 0 Å². The molecule has 3 nitrogen and oxygen atoms in total. The van der Waals surface area contributed by atoms with Crippen molar-refractivity contribution < 1.29 is 0 Å². The molecule has 0 radical (unpaired) electrons. The Labute approximate surface area is 93.7 Å². The van der Waals surface area contributed by atoms with Gasteiger partial charge in [0.1, 0.15) is 6.33 Å². The molecule has 78 valence electrons. The normalized spacial score (nSPS) is 10.5. The summed E-state index contributed by atoms with van der Waals surface area (Å²) in [5.41, 5.74) is 1.35. The fourth-order valence-electron chi connectivity index (χ4n) is 1.49. The first-order valence-electron chi connectivity index (χ1n) is 4.93. The largest absolute Gasteiger partial charge is 0.304 e. The van der Waals surface area contributed by atoms with Crippen molar-refractivity contribution in [3.05, 3.63) is 47.5 Å². The van der Waals surface area contributed by atoms with Gasteiger partial charge in [-0.2, -0.15) is 0 Å². The van der Waals surface area contributed by atoms with Gasteiger partial charge in [0.05, 0.1) is 0 Å². The standard InChI is InChI=1S/C11H12ClN3/c12-11-14-13-9-15(11)8-4-7-10-5-2-1-3-6-10/h1-3,5-6,9H,4,7-8H2. The van der Waals surface area contributed by atoms with Gasteiger partial charge < -0.3 is 4.57 Å². The molecular weight excluding hydrogens is 210 g/mol. The van der Waals surface area contributed by atoms with Crippen molar-refractivity contribution in [3.63, 3.8) is 0 Å². The molecule has 0 N–H and O–H groups in total. The van der Waals surface area contributed by atoms with Crippen LogP contribution in [0.2, 0.25) is 5.28 Å². The van der Waals surface area contributed by atoms with Crippen LogP contribution in [0.15, 0.2) is 36.7 Å². The molecule has 0 aliphatic rings. The van der Waals surface area contributed by atoms with Crippen LogP contribution in [0.5, 0.6) is 0 Å². The van der Waals surface area contributed by atoms with E-state index in [0.717, 1.165) is 19.4 Å². The highest BCUT2D eigenvalue weighted by atomic mass is 35.5. The topological polar surface area (TPSA) is 30.7 Å². The molecule has 15 heavy (non-hydrogen) atoms. The molecule has 1 aromatic carbocycles. The van der Waals surface area contributed by atoms with Crippen LogP contribution >= 0.6 is 11.6 Å². The van der Waals surface area contributed by atoms with Crippen LogP contribution in [0, 0.1) is 0 Å². The molecule has 2 aromatic rings. The van der Waals surface area contributed by atoms with Crippen LogP contribution in [-0.4, -0.2) is 14.8 Å². The Morgan fingerprint density at radius 1 is 1.20 bits per heavy atom. The lowest BCUT2D eigenvalue weighted by Crippen LogP contribution is -1.98. The molecule has 0 atom stereocenters. The summed E-state index contributed by atoms with van der Waals surface area (Å²) in [7, 11) is 0. The van der Waals surface area contributed by atoms with Gasteiger partial charge in [-0.25, -0.2) is 0 Å². The highest BCUT2D eigenvalue weighted by Crippen LogP contribution is 2.07. The van der Waals surface area contributed by atoms with Gasteiger partial charge in [-0.1, -0.05) is 30.3 Å². The molecular formula is C11H12ClN3. The van der Waals surface area contributed by atoms with Crippen LogP contribution in [-0.2, 0) is 13.0 Å². The van der Waals surface area contributed by atoms with E-state index in [4.69, 9.17) is 11.6 Å². The van der Waals surface area contributed by atoms with Crippen LogP contribution in [0.25, 0.3) is 0 Å². The van der Waals surface area contributed by atoms with Gasteiger partial charge in [0, 0.05) is 6.54 Å². The highest BCUT2D eigenvalue weighted by Gasteiger charge is 1.99. The Bertz CT molecular complexity index is 411. The number of aromatic nitrogens is 3. The molecule has 0 aliphatic carbocycles. The predicted octanol–water partition coefficient (Wildman–Crippen LogP) is 2.56. The van der Waals surface area contributed by atoms with Crippen molar-refractivity contribution in [1.29, 1.82) is 0 Å². The van der Waals surface area contributed by atoms with Gasteiger partial charge in [-0.3, -0.25) is 0 Å². The lowest BCUT2D eigenvalue weighted by molar-refractivity contribution is 0.641. The van der Waals surface area contributed by atoms with Gasteiger partial charge in [0.25, 0.3) is 0 Å². The summed E-state index contributed by atoms with van der Waals surface area (Å²) in [6.07, 6.45) is 3.75. The Kier molecular flexibility index (Phi) is 3.35. The molecule has 1 aromatic heterocycles. The Morgan fingerprint density at radius 2 is 2.00 bits per heavy atom. The number of aryl methyl sites for hydroxylation is 2. The first kappa shape index (κ1) is 10.2. The van der Waals surface area contributed by atoms with E-state index in [1.165, 1.54) is 5.56 Å². The Morgan fingerprint density at radius 3 is 2.67 bits per heavy atom. The van der Waals surface area contributed by atoms with Crippen molar-refractivity contribution in [3.8, 4) is 0 Å².